The average molecular weight is 619 g/mol. The fraction of sp³-hybridized carbons (Fsp3) is 0.486. The number of unbranched alkanes of at least 4 members (excludes halogenated alkanes) is 1. The van der Waals surface area contributed by atoms with Crippen LogP contribution in [0, 0.1) is 11.8 Å². The summed E-state index contributed by atoms with van der Waals surface area (Å²) in [5, 5.41) is 16.0. The number of amides is 2. The van der Waals surface area contributed by atoms with Gasteiger partial charge in [-0.3, -0.25) is 14.4 Å². The van der Waals surface area contributed by atoms with Gasteiger partial charge in [-0.1, -0.05) is 85.7 Å². The van der Waals surface area contributed by atoms with Crippen molar-refractivity contribution in [3.05, 3.63) is 97.1 Å². The lowest BCUT2D eigenvalue weighted by atomic mass is 9.93. The first-order valence-corrected chi connectivity index (χ1v) is 16.1. The number of aliphatic hydroxyl groups excluding tert-OH is 1. The normalized spacial score (nSPS) is 16.5. The summed E-state index contributed by atoms with van der Waals surface area (Å²) in [5.74, 6) is -2.08. The van der Waals surface area contributed by atoms with Crippen molar-refractivity contribution in [2.24, 2.45) is 11.8 Å². The molecule has 0 bridgehead atoms. The van der Waals surface area contributed by atoms with E-state index in [-0.39, 0.29) is 49.8 Å². The Morgan fingerprint density at radius 2 is 1.64 bits per heavy atom. The molecule has 8 nitrogen and oxygen atoms in total. The Morgan fingerprint density at radius 3 is 2.24 bits per heavy atom. The van der Waals surface area contributed by atoms with Gasteiger partial charge in [0, 0.05) is 13.5 Å². The van der Waals surface area contributed by atoms with Gasteiger partial charge in [0.1, 0.15) is 6.10 Å². The molecule has 0 spiro atoms. The van der Waals surface area contributed by atoms with Gasteiger partial charge in [-0.2, -0.15) is 0 Å². The number of hydrogen-bond donors (Lipinski definition) is 3. The molecule has 0 aliphatic heterocycles. The Hall–Kier alpha value is -3.75. The highest BCUT2D eigenvalue weighted by atomic mass is 16.5. The predicted molar refractivity (Wildman–Crippen MR) is 176 cm³/mol. The molecular weight excluding hydrogens is 568 g/mol. The average Bonchev–Trinajstić information content (AvgIpc) is 3.52. The van der Waals surface area contributed by atoms with E-state index in [1.165, 1.54) is 7.11 Å². The maximum absolute atomic E-state index is 13.8. The molecule has 4 atom stereocenters. The van der Waals surface area contributed by atoms with Crippen LogP contribution in [0.3, 0.4) is 0 Å². The molecular formula is C37H50N2O6. The second-order valence-corrected chi connectivity index (χ2v) is 12.1. The third-order valence-electron chi connectivity index (χ3n) is 8.55. The molecule has 1 aliphatic rings. The lowest BCUT2D eigenvalue weighted by molar-refractivity contribution is -0.158. The smallest absolute Gasteiger partial charge is 0.309 e. The molecule has 2 aromatic carbocycles. The highest BCUT2D eigenvalue weighted by Gasteiger charge is 2.37. The molecule has 1 aliphatic carbocycles. The molecule has 2 aromatic rings. The van der Waals surface area contributed by atoms with Crippen LogP contribution in [0.15, 0.2) is 86.0 Å². The molecule has 0 unspecified atom stereocenters. The summed E-state index contributed by atoms with van der Waals surface area (Å²) in [7, 11) is 1.53. The maximum atomic E-state index is 13.8. The number of methoxy groups -OCH3 is 1. The first-order chi connectivity index (χ1) is 21.8. The number of esters is 1. The van der Waals surface area contributed by atoms with Crippen LogP contribution < -0.4 is 10.6 Å². The minimum absolute atomic E-state index is 0.0580. The summed E-state index contributed by atoms with van der Waals surface area (Å²) in [6.45, 7) is 7.56. The fourth-order valence-corrected chi connectivity index (χ4v) is 6.07. The largest absolute Gasteiger partial charge is 0.455 e. The van der Waals surface area contributed by atoms with E-state index in [1.807, 2.05) is 66.7 Å². The van der Waals surface area contributed by atoms with Crippen LogP contribution in [-0.2, 0) is 30.3 Å². The third kappa shape index (κ3) is 11.3. The first kappa shape index (κ1) is 35.7. The summed E-state index contributed by atoms with van der Waals surface area (Å²) in [4.78, 5) is 40.6. The van der Waals surface area contributed by atoms with E-state index in [4.69, 9.17) is 9.47 Å². The number of carbonyl (C=O) groups is 3. The summed E-state index contributed by atoms with van der Waals surface area (Å²) in [6, 6.07) is 18.5. The van der Waals surface area contributed by atoms with E-state index < -0.39 is 23.6 Å². The van der Waals surface area contributed by atoms with Crippen molar-refractivity contribution in [3.8, 4) is 0 Å². The molecule has 0 radical (unpaired) electrons. The van der Waals surface area contributed by atoms with Crippen molar-refractivity contribution in [2.75, 3.05) is 20.3 Å². The molecule has 0 aromatic heterocycles. The highest BCUT2D eigenvalue weighted by molar-refractivity contribution is 5.86. The zero-order chi connectivity index (χ0) is 32.5. The van der Waals surface area contributed by atoms with E-state index in [1.54, 1.807) is 6.08 Å². The Labute approximate surface area is 268 Å². The van der Waals surface area contributed by atoms with Crippen molar-refractivity contribution in [2.45, 2.75) is 81.9 Å². The summed E-state index contributed by atoms with van der Waals surface area (Å²) in [6.07, 6.45) is 8.93. The summed E-state index contributed by atoms with van der Waals surface area (Å²) in [5.41, 5.74) is 1.14. The number of ether oxygens (including phenoxy) is 2. The summed E-state index contributed by atoms with van der Waals surface area (Å²) < 4.78 is 11.8. The van der Waals surface area contributed by atoms with Crippen LogP contribution in [0.4, 0.5) is 0 Å². The van der Waals surface area contributed by atoms with Crippen LogP contribution in [0.25, 0.3) is 0 Å². The van der Waals surface area contributed by atoms with Crippen LogP contribution in [0.2, 0.25) is 0 Å². The maximum Gasteiger partial charge on any atom is 0.309 e. The number of nitrogens with one attached hydrogen (secondary N) is 2. The Morgan fingerprint density at radius 1 is 0.978 bits per heavy atom. The van der Waals surface area contributed by atoms with E-state index >= 15 is 0 Å². The van der Waals surface area contributed by atoms with Crippen LogP contribution in [-0.4, -0.2) is 54.8 Å². The quantitative estimate of drug-likeness (QED) is 0.101. The van der Waals surface area contributed by atoms with Crippen LogP contribution >= 0.6 is 0 Å². The number of hydrogen-bond acceptors (Lipinski definition) is 6. The van der Waals surface area contributed by atoms with Gasteiger partial charge in [-0.15, -0.1) is 13.2 Å². The van der Waals surface area contributed by atoms with Gasteiger partial charge < -0.3 is 25.2 Å². The number of carbonyl (C=O) groups excluding carboxylic acids is 3. The van der Waals surface area contributed by atoms with Gasteiger partial charge in [0.2, 0.25) is 11.8 Å². The van der Waals surface area contributed by atoms with Gasteiger partial charge >= 0.3 is 5.97 Å². The molecule has 1 saturated carbocycles. The van der Waals surface area contributed by atoms with Gasteiger partial charge in [0.25, 0.3) is 0 Å². The number of benzene rings is 2. The zero-order valence-corrected chi connectivity index (χ0v) is 26.6. The van der Waals surface area contributed by atoms with Crippen LogP contribution in [0.5, 0.6) is 0 Å². The van der Waals surface area contributed by atoms with Crippen molar-refractivity contribution in [3.63, 3.8) is 0 Å². The molecule has 8 heteroatoms. The Bertz CT molecular complexity index is 1210. The van der Waals surface area contributed by atoms with Crippen molar-refractivity contribution < 1.29 is 29.0 Å². The highest BCUT2D eigenvalue weighted by Crippen LogP contribution is 2.30. The minimum Gasteiger partial charge on any atom is -0.455 e. The number of aliphatic hydroxyl groups is 1. The monoisotopic (exact) mass is 618 g/mol. The Kier molecular flexibility index (Phi) is 15.0. The number of rotatable bonds is 20. The Balaban J connectivity index is 1.81. The second-order valence-electron chi connectivity index (χ2n) is 12.1. The molecule has 3 N–H and O–H groups in total. The van der Waals surface area contributed by atoms with E-state index in [2.05, 4.69) is 23.8 Å². The standard InChI is InChI=1S/C37H50N2O6/c1-4-6-9-21-31(24-28-17-10-7-11-18-28)36(43)45-34(29-19-12-8-13-20-29)32(26-44-3)38-35(42)30(16-5-2)25-33(41)39-37(27-40)22-14-15-23-37/h4-5,7-8,10-13,17-20,30-32,34,40H,1-2,6,9,14-16,21-27H2,3H3,(H,38,42)(H,39,41)/t30-,31+,32-,34-/m0/s1. The van der Waals surface area contributed by atoms with Gasteiger partial charge in [-0.05, 0) is 56.1 Å². The SMILES string of the molecule is C=CCCC[C@H](Cc1ccccc1)C(=O)O[C@@H](c1ccccc1)[C@H](COC)NC(=O)[C@@H](CC=C)CC(=O)NC1(CO)CCCC1. The lowest BCUT2D eigenvalue weighted by Crippen LogP contribution is -2.51. The van der Waals surface area contributed by atoms with Crippen LogP contribution in [0.1, 0.15) is 75.0 Å². The van der Waals surface area contributed by atoms with Crippen molar-refractivity contribution in [1.82, 2.24) is 10.6 Å². The zero-order valence-electron chi connectivity index (χ0n) is 26.6. The lowest BCUT2D eigenvalue weighted by Gasteiger charge is -2.31. The third-order valence-corrected chi connectivity index (χ3v) is 8.55. The minimum atomic E-state index is -0.824. The number of allylic oxidation sites excluding steroid dienone is 2. The molecule has 2 amide bonds. The van der Waals surface area contributed by atoms with Gasteiger partial charge in [0.15, 0.2) is 0 Å². The molecule has 0 heterocycles. The van der Waals surface area contributed by atoms with Gasteiger partial charge in [0.05, 0.1) is 36.6 Å². The van der Waals surface area contributed by atoms with E-state index in [0.29, 0.717) is 25.7 Å². The first-order valence-electron chi connectivity index (χ1n) is 16.1. The summed E-state index contributed by atoms with van der Waals surface area (Å²) >= 11 is 0. The van der Waals surface area contributed by atoms with E-state index in [0.717, 1.165) is 36.8 Å². The molecule has 0 saturated heterocycles. The molecule has 3 rings (SSSR count). The van der Waals surface area contributed by atoms with Gasteiger partial charge in [-0.25, -0.2) is 0 Å². The molecule has 244 valence electrons. The van der Waals surface area contributed by atoms with Crippen molar-refractivity contribution in [1.29, 1.82) is 0 Å². The fourth-order valence-electron chi connectivity index (χ4n) is 6.07. The molecule has 1 fully saturated rings. The molecule has 45 heavy (non-hydrogen) atoms. The predicted octanol–water partition coefficient (Wildman–Crippen LogP) is 5.62. The van der Waals surface area contributed by atoms with Crippen molar-refractivity contribution >= 4 is 17.8 Å². The second kappa shape index (κ2) is 18.9. The topological polar surface area (TPSA) is 114 Å². The van der Waals surface area contributed by atoms with E-state index in [9.17, 15) is 19.5 Å².